The number of carboxylic acid groups (broad SMARTS) is 1. The molecule has 0 saturated carbocycles. The third-order valence-corrected chi connectivity index (χ3v) is 3.94. The van der Waals surface area contributed by atoms with E-state index in [2.05, 4.69) is 4.90 Å². The monoisotopic (exact) mass is 296 g/mol. The van der Waals surface area contributed by atoms with Gasteiger partial charge in [-0.1, -0.05) is 11.6 Å². The molecule has 0 unspecified atom stereocenters. The molecule has 1 amide bonds. The van der Waals surface area contributed by atoms with Crippen molar-refractivity contribution >= 4 is 29.2 Å². The number of anilines is 1. The van der Waals surface area contributed by atoms with Gasteiger partial charge in [0.1, 0.15) is 0 Å². The number of benzene rings is 1. The van der Waals surface area contributed by atoms with Crippen LogP contribution in [0.25, 0.3) is 0 Å². The van der Waals surface area contributed by atoms with E-state index >= 15 is 0 Å². The van der Waals surface area contributed by atoms with Gasteiger partial charge in [-0.2, -0.15) is 0 Å². The molecule has 1 aliphatic rings. The lowest BCUT2D eigenvalue weighted by Crippen LogP contribution is -2.35. The molecular formula is C14H17ClN2O3. The Morgan fingerprint density at radius 3 is 2.50 bits per heavy atom. The van der Waals surface area contributed by atoms with Gasteiger partial charge in [-0.15, -0.1) is 0 Å². The molecule has 1 aromatic carbocycles. The summed E-state index contributed by atoms with van der Waals surface area (Å²) in [5.74, 6) is -0.910. The molecule has 1 saturated heterocycles. The van der Waals surface area contributed by atoms with Crippen LogP contribution in [0.1, 0.15) is 29.6 Å². The topological polar surface area (TPSA) is 83.6 Å². The molecule has 1 heterocycles. The molecule has 1 aliphatic heterocycles. The number of nitrogens with zero attached hydrogens (tertiary/aromatic N) is 1. The maximum atomic E-state index is 10.9. The van der Waals surface area contributed by atoms with Crippen molar-refractivity contribution in [1.29, 1.82) is 0 Å². The van der Waals surface area contributed by atoms with Crippen molar-refractivity contribution < 1.29 is 14.7 Å². The summed E-state index contributed by atoms with van der Waals surface area (Å²) in [6.07, 6.45) is 2.21. The van der Waals surface area contributed by atoms with Gasteiger partial charge in [0.05, 0.1) is 16.3 Å². The Labute approximate surface area is 122 Å². The number of halogens is 1. The zero-order valence-electron chi connectivity index (χ0n) is 11.0. The average molecular weight is 297 g/mol. The highest BCUT2D eigenvalue weighted by Gasteiger charge is 2.22. The van der Waals surface area contributed by atoms with Crippen LogP contribution in [0.2, 0.25) is 5.02 Å². The molecule has 0 spiro atoms. The van der Waals surface area contributed by atoms with Crippen molar-refractivity contribution in [3.8, 4) is 0 Å². The van der Waals surface area contributed by atoms with Crippen LogP contribution in [0.3, 0.4) is 0 Å². The molecule has 0 aromatic heterocycles. The Bertz CT molecular complexity index is 525. The highest BCUT2D eigenvalue weighted by atomic mass is 35.5. The molecule has 2 rings (SSSR count). The zero-order chi connectivity index (χ0) is 14.7. The van der Waals surface area contributed by atoms with Crippen molar-refractivity contribution in [2.24, 2.45) is 11.7 Å². The molecule has 0 radical (unpaired) electrons. The average Bonchev–Trinajstić information content (AvgIpc) is 2.39. The molecule has 108 valence electrons. The number of rotatable bonds is 4. The number of carboxylic acids is 1. The summed E-state index contributed by atoms with van der Waals surface area (Å²) in [6, 6.07) is 4.76. The van der Waals surface area contributed by atoms with Gasteiger partial charge in [-0.05, 0) is 37.0 Å². The van der Waals surface area contributed by atoms with E-state index in [1.54, 1.807) is 12.1 Å². The Morgan fingerprint density at radius 1 is 1.35 bits per heavy atom. The number of carbonyl (C=O) groups excluding carboxylic acids is 1. The molecule has 3 N–H and O–H groups in total. The molecule has 0 aliphatic carbocycles. The fourth-order valence-corrected chi connectivity index (χ4v) is 2.86. The fraction of sp³-hybridized carbons (Fsp3) is 0.429. The predicted octanol–water partition coefficient (Wildman–Crippen LogP) is 2.13. The minimum Gasteiger partial charge on any atom is -0.478 e. The molecule has 5 nitrogen and oxygen atoms in total. The molecule has 6 heteroatoms. The first-order valence-electron chi connectivity index (χ1n) is 6.53. The number of aromatic carboxylic acids is 1. The van der Waals surface area contributed by atoms with Gasteiger partial charge in [-0.25, -0.2) is 4.79 Å². The molecule has 0 bridgehead atoms. The quantitative estimate of drug-likeness (QED) is 0.891. The Morgan fingerprint density at radius 2 is 2.00 bits per heavy atom. The third kappa shape index (κ3) is 3.42. The summed E-state index contributed by atoms with van der Waals surface area (Å²) in [7, 11) is 0. The van der Waals surface area contributed by atoms with Crippen LogP contribution in [-0.4, -0.2) is 30.1 Å². The maximum absolute atomic E-state index is 10.9. The summed E-state index contributed by atoms with van der Waals surface area (Å²) in [5, 5.41) is 9.36. The lowest BCUT2D eigenvalue weighted by molar-refractivity contribution is -0.119. The second-order valence-electron chi connectivity index (χ2n) is 5.07. The summed E-state index contributed by atoms with van der Waals surface area (Å²) in [6.45, 7) is 1.59. The number of primary amides is 1. The Kier molecular flexibility index (Phi) is 4.49. The highest BCUT2D eigenvalue weighted by molar-refractivity contribution is 6.33. The van der Waals surface area contributed by atoms with Crippen LogP contribution in [0, 0.1) is 5.92 Å². The third-order valence-electron chi connectivity index (χ3n) is 3.64. The van der Waals surface area contributed by atoms with E-state index in [0.717, 1.165) is 31.6 Å². The van der Waals surface area contributed by atoms with E-state index in [9.17, 15) is 9.59 Å². The second kappa shape index (κ2) is 6.13. The minimum atomic E-state index is -0.987. The normalized spacial score (nSPS) is 16.1. The summed E-state index contributed by atoms with van der Waals surface area (Å²) in [4.78, 5) is 23.9. The first-order chi connectivity index (χ1) is 9.47. The van der Waals surface area contributed by atoms with E-state index in [1.807, 2.05) is 0 Å². The first-order valence-corrected chi connectivity index (χ1v) is 6.91. The van der Waals surface area contributed by atoms with Crippen molar-refractivity contribution in [3.05, 3.63) is 28.8 Å². The van der Waals surface area contributed by atoms with Crippen molar-refractivity contribution in [2.75, 3.05) is 18.0 Å². The number of amides is 1. The number of hydrogen-bond donors (Lipinski definition) is 2. The van der Waals surface area contributed by atoms with Gasteiger partial charge in [0, 0.05) is 19.5 Å². The van der Waals surface area contributed by atoms with Gasteiger partial charge in [0.15, 0.2) is 0 Å². The number of piperidine rings is 1. The van der Waals surface area contributed by atoms with Crippen LogP contribution in [0.15, 0.2) is 18.2 Å². The largest absolute Gasteiger partial charge is 0.478 e. The van der Waals surface area contributed by atoms with Gasteiger partial charge < -0.3 is 15.7 Å². The van der Waals surface area contributed by atoms with Gasteiger partial charge >= 0.3 is 5.97 Å². The van der Waals surface area contributed by atoms with Crippen molar-refractivity contribution in [3.63, 3.8) is 0 Å². The van der Waals surface area contributed by atoms with Crippen LogP contribution in [0.4, 0.5) is 5.69 Å². The van der Waals surface area contributed by atoms with E-state index in [1.165, 1.54) is 6.07 Å². The van der Waals surface area contributed by atoms with Crippen LogP contribution in [-0.2, 0) is 4.79 Å². The van der Waals surface area contributed by atoms with Gasteiger partial charge in [-0.3, -0.25) is 4.79 Å². The highest BCUT2D eigenvalue weighted by Crippen LogP contribution is 2.31. The van der Waals surface area contributed by atoms with E-state index in [0.29, 0.717) is 17.4 Å². The molecule has 1 aromatic rings. The number of carbonyl (C=O) groups is 2. The molecule has 0 atom stereocenters. The van der Waals surface area contributed by atoms with Crippen LogP contribution >= 0.6 is 11.6 Å². The predicted molar refractivity (Wildman–Crippen MR) is 77.2 cm³/mol. The van der Waals surface area contributed by atoms with Crippen molar-refractivity contribution in [1.82, 2.24) is 0 Å². The Hall–Kier alpha value is -1.75. The maximum Gasteiger partial charge on any atom is 0.335 e. The lowest BCUT2D eigenvalue weighted by Gasteiger charge is -2.33. The van der Waals surface area contributed by atoms with Gasteiger partial charge in [0.2, 0.25) is 5.91 Å². The van der Waals surface area contributed by atoms with E-state index in [4.69, 9.17) is 22.4 Å². The summed E-state index contributed by atoms with van der Waals surface area (Å²) >= 11 is 6.15. The molecule has 1 fully saturated rings. The van der Waals surface area contributed by atoms with Crippen LogP contribution in [0.5, 0.6) is 0 Å². The lowest BCUT2D eigenvalue weighted by atomic mass is 9.93. The van der Waals surface area contributed by atoms with E-state index < -0.39 is 5.97 Å². The molecular weight excluding hydrogens is 280 g/mol. The number of hydrogen-bond acceptors (Lipinski definition) is 3. The summed E-state index contributed by atoms with van der Waals surface area (Å²) < 4.78 is 0. The first kappa shape index (κ1) is 14.7. The van der Waals surface area contributed by atoms with Gasteiger partial charge in [0.25, 0.3) is 0 Å². The molecule has 20 heavy (non-hydrogen) atoms. The number of nitrogens with two attached hydrogens (primary N) is 1. The smallest absolute Gasteiger partial charge is 0.335 e. The fourth-order valence-electron chi connectivity index (χ4n) is 2.56. The van der Waals surface area contributed by atoms with Crippen LogP contribution < -0.4 is 10.6 Å². The summed E-state index contributed by atoms with van der Waals surface area (Å²) in [5.41, 5.74) is 6.23. The SMILES string of the molecule is NC(=O)CC1CCN(c2ccc(C(=O)O)cc2Cl)CC1. The standard InChI is InChI=1S/C14H17ClN2O3/c15-11-8-10(14(19)20)1-2-12(11)17-5-3-9(4-6-17)7-13(16)18/h1-2,8-9H,3-7H2,(H2,16,18)(H,19,20). The Balaban J connectivity index is 2.03. The van der Waals surface area contributed by atoms with E-state index in [-0.39, 0.29) is 11.5 Å². The van der Waals surface area contributed by atoms with Crippen molar-refractivity contribution in [2.45, 2.75) is 19.3 Å². The second-order valence-corrected chi connectivity index (χ2v) is 5.48. The zero-order valence-corrected chi connectivity index (χ0v) is 11.8. The minimum absolute atomic E-state index is 0.183.